The van der Waals surface area contributed by atoms with Crippen molar-refractivity contribution in [1.29, 1.82) is 0 Å². The molecule has 1 aromatic rings. The van der Waals surface area contributed by atoms with Crippen LogP contribution in [-0.4, -0.2) is 23.1 Å². The largest absolute Gasteiger partial charge is 0.333 e. The number of nitrogens with zero attached hydrogens (tertiary/aromatic N) is 1. The van der Waals surface area contributed by atoms with Gasteiger partial charge in [-0.15, -0.1) is 0 Å². The van der Waals surface area contributed by atoms with Crippen molar-refractivity contribution < 1.29 is 9.59 Å². The summed E-state index contributed by atoms with van der Waals surface area (Å²) in [6.07, 6.45) is 2.72. The third kappa shape index (κ3) is 2.38. The van der Waals surface area contributed by atoms with E-state index < -0.39 is 0 Å². The Balaban J connectivity index is 2.19. The first-order valence-corrected chi connectivity index (χ1v) is 6.03. The first kappa shape index (κ1) is 11.8. The average molecular weight is 231 g/mol. The van der Waals surface area contributed by atoms with Crippen LogP contribution in [0.25, 0.3) is 0 Å². The molecule has 0 radical (unpaired) electrons. The minimum absolute atomic E-state index is 0.0520. The molecule has 1 heterocycles. The Hall–Kier alpha value is -1.64. The van der Waals surface area contributed by atoms with E-state index in [0.717, 1.165) is 18.3 Å². The summed E-state index contributed by atoms with van der Waals surface area (Å²) in [6.45, 7) is 2.02. The zero-order valence-corrected chi connectivity index (χ0v) is 10.0. The molecule has 2 rings (SSSR count). The van der Waals surface area contributed by atoms with Crippen molar-refractivity contribution >= 4 is 12.2 Å². The van der Waals surface area contributed by atoms with E-state index in [0.29, 0.717) is 12.8 Å². The van der Waals surface area contributed by atoms with Crippen molar-refractivity contribution in [3.05, 3.63) is 35.9 Å². The minimum atomic E-state index is 0.0520. The standard InChI is InChI=1S/C14H17NO2/c1-11(12-5-3-2-4-6-12)15-13(9-10-16)7-8-14(15)17/h2-6,10-11,13H,7-9H2,1H3/t11-,13-/m1/s1. The van der Waals surface area contributed by atoms with Gasteiger partial charge in [0.2, 0.25) is 5.91 Å². The number of rotatable bonds is 4. The molecule has 0 spiro atoms. The van der Waals surface area contributed by atoms with Crippen molar-refractivity contribution in [2.75, 3.05) is 0 Å². The fourth-order valence-corrected chi connectivity index (χ4v) is 2.53. The molecule has 0 aromatic heterocycles. The number of likely N-dealkylation sites (tertiary alicyclic amines) is 1. The van der Waals surface area contributed by atoms with Crippen molar-refractivity contribution in [3.8, 4) is 0 Å². The number of carbonyl (C=O) groups excluding carboxylic acids is 2. The number of hydrogen-bond acceptors (Lipinski definition) is 2. The number of aldehydes is 1. The summed E-state index contributed by atoms with van der Waals surface area (Å²) in [5.74, 6) is 0.160. The van der Waals surface area contributed by atoms with Gasteiger partial charge < -0.3 is 9.69 Å². The molecule has 0 aliphatic carbocycles. The van der Waals surface area contributed by atoms with E-state index in [1.54, 1.807) is 0 Å². The van der Waals surface area contributed by atoms with Gasteiger partial charge in [-0.05, 0) is 18.9 Å². The van der Waals surface area contributed by atoms with E-state index in [1.165, 1.54) is 0 Å². The lowest BCUT2D eigenvalue weighted by Crippen LogP contribution is -2.35. The maximum atomic E-state index is 11.9. The summed E-state index contributed by atoms with van der Waals surface area (Å²) in [4.78, 5) is 24.4. The first-order valence-electron chi connectivity index (χ1n) is 6.03. The third-order valence-electron chi connectivity index (χ3n) is 3.44. The zero-order valence-electron chi connectivity index (χ0n) is 10.0. The molecule has 3 nitrogen and oxygen atoms in total. The summed E-state index contributed by atoms with van der Waals surface area (Å²) < 4.78 is 0. The van der Waals surface area contributed by atoms with Crippen molar-refractivity contribution in [2.24, 2.45) is 0 Å². The van der Waals surface area contributed by atoms with Crippen molar-refractivity contribution in [1.82, 2.24) is 4.90 Å². The second kappa shape index (κ2) is 5.13. The number of carbonyl (C=O) groups is 2. The molecule has 1 saturated heterocycles. The predicted molar refractivity (Wildman–Crippen MR) is 65.4 cm³/mol. The smallest absolute Gasteiger partial charge is 0.223 e. The van der Waals surface area contributed by atoms with Gasteiger partial charge in [0, 0.05) is 18.9 Å². The van der Waals surface area contributed by atoms with Gasteiger partial charge in [-0.25, -0.2) is 0 Å². The molecule has 1 aromatic carbocycles. The van der Waals surface area contributed by atoms with Gasteiger partial charge in [0.05, 0.1) is 6.04 Å². The van der Waals surface area contributed by atoms with Gasteiger partial charge in [0.15, 0.2) is 0 Å². The summed E-state index contributed by atoms with van der Waals surface area (Å²) >= 11 is 0. The molecule has 90 valence electrons. The highest BCUT2D eigenvalue weighted by atomic mass is 16.2. The van der Waals surface area contributed by atoms with Gasteiger partial charge in [-0.1, -0.05) is 30.3 Å². The molecular formula is C14H17NO2. The predicted octanol–water partition coefficient (Wildman–Crippen LogP) is 2.33. The van der Waals surface area contributed by atoms with Crippen LogP contribution in [0.2, 0.25) is 0 Å². The Morgan fingerprint density at radius 3 is 2.76 bits per heavy atom. The molecule has 2 atom stereocenters. The van der Waals surface area contributed by atoms with Crippen LogP contribution in [0, 0.1) is 0 Å². The number of benzene rings is 1. The van der Waals surface area contributed by atoms with Crippen LogP contribution in [0.3, 0.4) is 0 Å². The lowest BCUT2D eigenvalue weighted by Gasteiger charge is -2.30. The van der Waals surface area contributed by atoms with Crippen LogP contribution in [0.15, 0.2) is 30.3 Å². The fraction of sp³-hybridized carbons (Fsp3) is 0.429. The van der Waals surface area contributed by atoms with E-state index in [4.69, 9.17) is 0 Å². The summed E-state index contributed by atoms with van der Waals surface area (Å²) in [5.41, 5.74) is 1.12. The number of hydrogen-bond donors (Lipinski definition) is 0. The Labute approximate surface area is 101 Å². The van der Waals surface area contributed by atoms with Crippen LogP contribution >= 0.6 is 0 Å². The van der Waals surface area contributed by atoms with E-state index in [-0.39, 0.29) is 18.0 Å². The second-order valence-corrected chi connectivity index (χ2v) is 4.48. The molecular weight excluding hydrogens is 214 g/mol. The van der Waals surface area contributed by atoms with Gasteiger partial charge in [0.1, 0.15) is 6.29 Å². The summed E-state index contributed by atoms with van der Waals surface area (Å²) in [6, 6.07) is 10.1. The lowest BCUT2D eigenvalue weighted by atomic mass is 10.1. The van der Waals surface area contributed by atoms with Crippen molar-refractivity contribution in [2.45, 2.75) is 38.3 Å². The van der Waals surface area contributed by atoms with Crippen LogP contribution in [0.4, 0.5) is 0 Å². The number of amides is 1. The maximum Gasteiger partial charge on any atom is 0.223 e. The SMILES string of the molecule is C[C@H](c1ccccc1)N1C(=O)CC[C@@H]1CC=O. The van der Waals surface area contributed by atoms with Gasteiger partial charge in [0.25, 0.3) is 0 Å². The molecule has 17 heavy (non-hydrogen) atoms. The van der Waals surface area contributed by atoms with E-state index in [2.05, 4.69) is 0 Å². The molecule has 0 unspecified atom stereocenters. The fourth-order valence-electron chi connectivity index (χ4n) is 2.53. The maximum absolute atomic E-state index is 11.9. The van der Waals surface area contributed by atoms with Gasteiger partial charge >= 0.3 is 0 Å². The van der Waals surface area contributed by atoms with Crippen LogP contribution in [0.1, 0.15) is 37.8 Å². The van der Waals surface area contributed by atoms with E-state index in [1.807, 2.05) is 42.2 Å². The Bertz CT molecular complexity index is 402. The average Bonchev–Trinajstić information content (AvgIpc) is 2.71. The molecule has 1 fully saturated rings. The van der Waals surface area contributed by atoms with E-state index >= 15 is 0 Å². The van der Waals surface area contributed by atoms with Gasteiger partial charge in [-0.2, -0.15) is 0 Å². The molecule has 1 amide bonds. The Morgan fingerprint density at radius 1 is 1.41 bits per heavy atom. The molecule has 1 aliphatic rings. The topological polar surface area (TPSA) is 37.4 Å². The quantitative estimate of drug-likeness (QED) is 0.746. The minimum Gasteiger partial charge on any atom is -0.333 e. The van der Waals surface area contributed by atoms with Crippen LogP contribution in [0.5, 0.6) is 0 Å². The monoisotopic (exact) mass is 231 g/mol. The third-order valence-corrected chi connectivity index (χ3v) is 3.44. The normalized spacial score (nSPS) is 21.6. The molecule has 1 aliphatic heterocycles. The van der Waals surface area contributed by atoms with E-state index in [9.17, 15) is 9.59 Å². The highest BCUT2D eigenvalue weighted by Gasteiger charge is 2.34. The Morgan fingerprint density at radius 2 is 2.12 bits per heavy atom. The van der Waals surface area contributed by atoms with Crippen molar-refractivity contribution in [3.63, 3.8) is 0 Å². The highest BCUT2D eigenvalue weighted by Crippen LogP contribution is 2.30. The first-order chi connectivity index (χ1) is 8.24. The Kier molecular flexibility index (Phi) is 3.57. The molecule has 0 N–H and O–H groups in total. The lowest BCUT2D eigenvalue weighted by molar-refractivity contribution is -0.131. The summed E-state index contributed by atoms with van der Waals surface area (Å²) in [5, 5.41) is 0. The van der Waals surface area contributed by atoms with Crippen LogP contribution in [-0.2, 0) is 9.59 Å². The molecule has 0 bridgehead atoms. The molecule has 3 heteroatoms. The van der Waals surface area contributed by atoms with Gasteiger partial charge in [-0.3, -0.25) is 4.79 Å². The van der Waals surface area contributed by atoms with Crippen LogP contribution < -0.4 is 0 Å². The second-order valence-electron chi connectivity index (χ2n) is 4.48. The summed E-state index contributed by atoms with van der Waals surface area (Å²) in [7, 11) is 0. The highest BCUT2D eigenvalue weighted by molar-refractivity contribution is 5.79. The molecule has 0 saturated carbocycles. The zero-order chi connectivity index (χ0) is 12.3.